The minimum absolute atomic E-state index is 0.542. The molecule has 0 saturated heterocycles. The van der Waals surface area contributed by atoms with Gasteiger partial charge in [0.05, 0.1) is 12.2 Å². The van der Waals surface area contributed by atoms with Crippen LogP contribution in [0.25, 0.3) is 0 Å². The smallest absolute Gasteiger partial charge is 0.205 e. The number of nitrogens with zero attached hydrogens (tertiary/aromatic N) is 3. The van der Waals surface area contributed by atoms with Gasteiger partial charge >= 0.3 is 0 Å². The zero-order chi connectivity index (χ0) is 15.2. The van der Waals surface area contributed by atoms with Gasteiger partial charge in [0.25, 0.3) is 0 Å². The fraction of sp³-hybridized carbons (Fsp3) is 0.643. The molecule has 0 spiro atoms. The lowest BCUT2D eigenvalue weighted by atomic mass is 10.1. The monoisotopic (exact) mass is 327 g/mol. The minimum Gasteiger partial charge on any atom is -0.354 e. The van der Waals surface area contributed by atoms with Crippen LogP contribution in [0.1, 0.15) is 50.1 Å². The van der Waals surface area contributed by atoms with Crippen LogP contribution in [0, 0.1) is 5.92 Å². The van der Waals surface area contributed by atoms with E-state index < -0.39 is 0 Å². The Bertz CT molecular complexity index is 563. The van der Waals surface area contributed by atoms with E-state index in [-0.39, 0.29) is 0 Å². The SMILES string of the molecule is CCCCc1nc(Cl)c(CNc2nnc(CC(C)C)s2)[nH]1. The molecule has 0 aromatic carbocycles. The molecule has 0 unspecified atom stereocenters. The largest absolute Gasteiger partial charge is 0.354 e. The molecule has 0 saturated carbocycles. The number of hydrogen-bond acceptors (Lipinski definition) is 5. The van der Waals surface area contributed by atoms with E-state index >= 15 is 0 Å². The van der Waals surface area contributed by atoms with E-state index in [0.717, 1.165) is 47.3 Å². The van der Waals surface area contributed by atoms with Crippen molar-refractivity contribution in [3.8, 4) is 0 Å². The lowest BCUT2D eigenvalue weighted by Crippen LogP contribution is -2.00. The van der Waals surface area contributed by atoms with Gasteiger partial charge in [-0.3, -0.25) is 0 Å². The molecule has 2 N–H and O–H groups in total. The number of rotatable bonds is 8. The standard InChI is InChI=1S/C14H22ClN5S/c1-4-5-6-11-17-10(13(15)18-11)8-16-14-20-19-12(21-14)7-9(2)3/h9H,4-8H2,1-3H3,(H,16,20)(H,17,18). The predicted octanol–water partition coefficient (Wildman–Crippen LogP) is 4.07. The number of anilines is 1. The molecule has 2 aromatic heterocycles. The van der Waals surface area contributed by atoms with E-state index in [0.29, 0.717) is 17.6 Å². The molecule has 0 bridgehead atoms. The molecule has 116 valence electrons. The highest BCUT2D eigenvalue weighted by atomic mass is 35.5. The summed E-state index contributed by atoms with van der Waals surface area (Å²) in [4.78, 5) is 7.62. The van der Waals surface area contributed by atoms with Gasteiger partial charge in [-0.1, -0.05) is 50.1 Å². The van der Waals surface area contributed by atoms with Gasteiger partial charge in [-0.15, -0.1) is 10.2 Å². The summed E-state index contributed by atoms with van der Waals surface area (Å²) in [6, 6.07) is 0. The first kappa shape index (κ1) is 16.2. The molecule has 2 aromatic rings. The maximum atomic E-state index is 6.15. The van der Waals surface area contributed by atoms with Crippen LogP contribution in [0.2, 0.25) is 5.15 Å². The average Bonchev–Trinajstić information content (AvgIpc) is 3.00. The Labute approximate surface area is 134 Å². The summed E-state index contributed by atoms with van der Waals surface area (Å²) in [6.45, 7) is 7.11. The summed E-state index contributed by atoms with van der Waals surface area (Å²) < 4.78 is 0. The maximum absolute atomic E-state index is 6.15. The molecule has 0 aliphatic rings. The molecule has 0 atom stereocenters. The number of H-pyrrole nitrogens is 1. The normalized spacial score (nSPS) is 11.3. The van der Waals surface area contributed by atoms with E-state index in [2.05, 4.69) is 46.3 Å². The second-order valence-corrected chi connectivity index (χ2v) is 6.93. The van der Waals surface area contributed by atoms with Crippen LogP contribution < -0.4 is 5.32 Å². The van der Waals surface area contributed by atoms with Crippen molar-refractivity contribution in [2.45, 2.75) is 53.0 Å². The van der Waals surface area contributed by atoms with Crippen LogP contribution in [-0.2, 0) is 19.4 Å². The van der Waals surface area contributed by atoms with Gasteiger partial charge < -0.3 is 10.3 Å². The van der Waals surface area contributed by atoms with E-state index in [1.165, 1.54) is 0 Å². The third-order valence-corrected chi connectivity index (χ3v) is 4.23. The minimum atomic E-state index is 0.542. The molecule has 0 aliphatic heterocycles. The number of hydrogen-bond donors (Lipinski definition) is 2. The summed E-state index contributed by atoms with van der Waals surface area (Å²) in [5.41, 5.74) is 0.906. The number of unbranched alkanes of at least 4 members (excludes halogenated alkanes) is 1. The number of aromatic nitrogens is 4. The Morgan fingerprint density at radius 1 is 1.33 bits per heavy atom. The van der Waals surface area contributed by atoms with Crippen molar-refractivity contribution in [3.63, 3.8) is 0 Å². The summed E-state index contributed by atoms with van der Waals surface area (Å²) >= 11 is 7.75. The fourth-order valence-electron chi connectivity index (χ4n) is 1.94. The number of imidazole rings is 1. The van der Waals surface area contributed by atoms with Crippen molar-refractivity contribution >= 4 is 28.1 Å². The second-order valence-electron chi connectivity index (χ2n) is 5.51. The first-order valence-electron chi connectivity index (χ1n) is 7.38. The van der Waals surface area contributed by atoms with Crippen LogP contribution >= 0.6 is 22.9 Å². The van der Waals surface area contributed by atoms with Gasteiger partial charge in [-0.2, -0.15) is 0 Å². The van der Waals surface area contributed by atoms with Crippen LogP contribution in [0.5, 0.6) is 0 Å². The van der Waals surface area contributed by atoms with Crippen molar-refractivity contribution in [2.24, 2.45) is 5.92 Å². The van der Waals surface area contributed by atoms with Gasteiger partial charge in [0.2, 0.25) is 5.13 Å². The summed E-state index contributed by atoms with van der Waals surface area (Å²) in [6.07, 6.45) is 4.17. The van der Waals surface area contributed by atoms with Gasteiger partial charge in [0.15, 0.2) is 5.15 Å². The van der Waals surface area contributed by atoms with Crippen LogP contribution in [0.3, 0.4) is 0 Å². The molecule has 0 radical (unpaired) electrons. The van der Waals surface area contributed by atoms with Gasteiger partial charge in [-0.25, -0.2) is 4.98 Å². The first-order chi connectivity index (χ1) is 10.1. The maximum Gasteiger partial charge on any atom is 0.205 e. The van der Waals surface area contributed by atoms with Gasteiger partial charge in [0.1, 0.15) is 10.8 Å². The second kappa shape index (κ2) is 7.75. The van der Waals surface area contributed by atoms with Gasteiger partial charge in [0, 0.05) is 12.8 Å². The van der Waals surface area contributed by atoms with Crippen LogP contribution in [0.4, 0.5) is 5.13 Å². The molecule has 2 rings (SSSR count). The highest BCUT2D eigenvalue weighted by molar-refractivity contribution is 7.15. The Morgan fingerprint density at radius 2 is 2.14 bits per heavy atom. The first-order valence-corrected chi connectivity index (χ1v) is 8.57. The fourth-order valence-corrected chi connectivity index (χ4v) is 3.10. The number of aryl methyl sites for hydroxylation is 1. The molecule has 0 aliphatic carbocycles. The van der Waals surface area contributed by atoms with E-state index in [1.807, 2.05) is 0 Å². The van der Waals surface area contributed by atoms with E-state index in [9.17, 15) is 0 Å². The lowest BCUT2D eigenvalue weighted by Gasteiger charge is -2.00. The average molecular weight is 328 g/mol. The third kappa shape index (κ3) is 4.97. The zero-order valence-electron chi connectivity index (χ0n) is 12.7. The number of aromatic amines is 1. The lowest BCUT2D eigenvalue weighted by molar-refractivity contribution is 0.640. The Morgan fingerprint density at radius 3 is 2.86 bits per heavy atom. The zero-order valence-corrected chi connectivity index (χ0v) is 14.3. The summed E-state index contributed by atoms with van der Waals surface area (Å²) in [5.74, 6) is 1.55. The Balaban J connectivity index is 1.90. The molecule has 2 heterocycles. The van der Waals surface area contributed by atoms with Crippen molar-refractivity contribution in [3.05, 3.63) is 21.7 Å². The van der Waals surface area contributed by atoms with Crippen LogP contribution in [-0.4, -0.2) is 20.2 Å². The van der Waals surface area contributed by atoms with Crippen LogP contribution in [0.15, 0.2) is 0 Å². The third-order valence-electron chi connectivity index (χ3n) is 3.01. The molecule has 21 heavy (non-hydrogen) atoms. The molecular formula is C14H22ClN5S. The van der Waals surface area contributed by atoms with E-state index in [4.69, 9.17) is 11.6 Å². The molecule has 0 amide bonds. The number of halogens is 1. The molecular weight excluding hydrogens is 306 g/mol. The Hall–Kier alpha value is -1.14. The van der Waals surface area contributed by atoms with Crippen molar-refractivity contribution < 1.29 is 0 Å². The molecule has 5 nitrogen and oxygen atoms in total. The van der Waals surface area contributed by atoms with E-state index in [1.54, 1.807) is 11.3 Å². The number of nitrogens with one attached hydrogen (secondary N) is 2. The van der Waals surface area contributed by atoms with Gasteiger partial charge in [-0.05, 0) is 12.3 Å². The Kier molecular flexibility index (Phi) is 5.99. The molecule has 0 fully saturated rings. The van der Waals surface area contributed by atoms with Crippen molar-refractivity contribution in [1.82, 2.24) is 20.2 Å². The predicted molar refractivity (Wildman–Crippen MR) is 88.0 cm³/mol. The highest BCUT2D eigenvalue weighted by Gasteiger charge is 2.10. The molecule has 7 heteroatoms. The summed E-state index contributed by atoms with van der Waals surface area (Å²) in [7, 11) is 0. The highest BCUT2D eigenvalue weighted by Crippen LogP contribution is 2.20. The van der Waals surface area contributed by atoms with Crippen molar-refractivity contribution in [2.75, 3.05) is 5.32 Å². The summed E-state index contributed by atoms with van der Waals surface area (Å²) in [5, 5.41) is 14.0. The van der Waals surface area contributed by atoms with Crippen molar-refractivity contribution in [1.29, 1.82) is 0 Å². The quantitative estimate of drug-likeness (QED) is 0.767. The topological polar surface area (TPSA) is 66.5 Å².